The van der Waals surface area contributed by atoms with Gasteiger partial charge in [0.25, 0.3) is 0 Å². The van der Waals surface area contributed by atoms with E-state index < -0.39 is 5.97 Å². The number of carboxylic acids is 1. The van der Waals surface area contributed by atoms with Crippen LogP contribution >= 0.6 is 11.6 Å². The van der Waals surface area contributed by atoms with Gasteiger partial charge in [0.1, 0.15) is 23.0 Å². The van der Waals surface area contributed by atoms with Crippen molar-refractivity contribution >= 4 is 17.6 Å². The van der Waals surface area contributed by atoms with E-state index in [2.05, 4.69) is 0 Å². The number of hydrogen-bond acceptors (Lipinski definition) is 4. The van der Waals surface area contributed by atoms with E-state index in [0.717, 1.165) is 0 Å². The molecule has 0 amide bonds. The zero-order chi connectivity index (χ0) is 15.4. The highest BCUT2D eigenvalue weighted by atomic mass is 35.5. The molecule has 21 heavy (non-hydrogen) atoms. The molecule has 0 saturated carbocycles. The summed E-state index contributed by atoms with van der Waals surface area (Å²) in [6, 6.07) is 9.30. The Morgan fingerprint density at radius 2 is 1.57 bits per heavy atom. The molecule has 0 aliphatic rings. The van der Waals surface area contributed by atoms with E-state index in [4.69, 9.17) is 30.9 Å². The van der Waals surface area contributed by atoms with Gasteiger partial charge in [0.2, 0.25) is 0 Å². The van der Waals surface area contributed by atoms with Gasteiger partial charge in [-0.15, -0.1) is 0 Å². The summed E-state index contributed by atoms with van der Waals surface area (Å²) in [5.41, 5.74) is 0.0931. The van der Waals surface area contributed by atoms with Crippen molar-refractivity contribution in [2.75, 3.05) is 14.2 Å². The number of methoxy groups -OCH3 is 2. The maximum absolute atomic E-state index is 10.9. The van der Waals surface area contributed by atoms with Crippen LogP contribution in [0.25, 0.3) is 0 Å². The third kappa shape index (κ3) is 3.58. The predicted molar refractivity (Wildman–Crippen MR) is 78.0 cm³/mol. The monoisotopic (exact) mass is 308 g/mol. The summed E-state index contributed by atoms with van der Waals surface area (Å²) in [5.74, 6) is 0.907. The van der Waals surface area contributed by atoms with E-state index in [-0.39, 0.29) is 10.6 Å². The van der Waals surface area contributed by atoms with E-state index in [1.807, 2.05) is 0 Å². The van der Waals surface area contributed by atoms with Crippen LogP contribution in [0.1, 0.15) is 10.4 Å². The second kappa shape index (κ2) is 6.37. The number of hydrogen-bond donors (Lipinski definition) is 1. The van der Waals surface area contributed by atoms with E-state index >= 15 is 0 Å². The summed E-state index contributed by atoms with van der Waals surface area (Å²) >= 11 is 6.02. The van der Waals surface area contributed by atoms with Crippen LogP contribution in [0.15, 0.2) is 36.4 Å². The van der Waals surface area contributed by atoms with Crippen molar-refractivity contribution in [1.29, 1.82) is 0 Å². The Hall–Kier alpha value is -2.40. The molecule has 5 nitrogen and oxygen atoms in total. The average molecular weight is 309 g/mol. The fraction of sp³-hybridized carbons (Fsp3) is 0.133. The van der Waals surface area contributed by atoms with Crippen molar-refractivity contribution in [3.8, 4) is 23.0 Å². The van der Waals surface area contributed by atoms with E-state index in [1.165, 1.54) is 32.4 Å². The Morgan fingerprint density at radius 1 is 1.00 bits per heavy atom. The average Bonchev–Trinajstić information content (AvgIpc) is 2.48. The second-order valence-electron chi connectivity index (χ2n) is 4.10. The zero-order valence-corrected chi connectivity index (χ0v) is 12.2. The van der Waals surface area contributed by atoms with Crippen molar-refractivity contribution < 1.29 is 24.1 Å². The van der Waals surface area contributed by atoms with Crippen molar-refractivity contribution in [2.45, 2.75) is 0 Å². The van der Waals surface area contributed by atoms with Gasteiger partial charge < -0.3 is 19.3 Å². The minimum atomic E-state index is -1.05. The molecule has 2 rings (SSSR count). The molecule has 0 aliphatic heterocycles. The third-order valence-corrected chi connectivity index (χ3v) is 3.03. The topological polar surface area (TPSA) is 65.0 Å². The Bertz CT molecular complexity index is 647. The predicted octanol–water partition coefficient (Wildman–Crippen LogP) is 3.85. The van der Waals surface area contributed by atoms with Gasteiger partial charge in [0.05, 0.1) is 24.8 Å². The Kier molecular flexibility index (Phi) is 4.55. The first kappa shape index (κ1) is 15.0. The van der Waals surface area contributed by atoms with Crippen molar-refractivity contribution in [1.82, 2.24) is 0 Å². The number of rotatable bonds is 5. The van der Waals surface area contributed by atoms with E-state index in [0.29, 0.717) is 23.0 Å². The molecular formula is C15H13ClO5. The van der Waals surface area contributed by atoms with E-state index in [9.17, 15) is 4.79 Å². The highest BCUT2D eigenvalue weighted by molar-refractivity contribution is 6.32. The lowest BCUT2D eigenvalue weighted by molar-refractivity contribution is 0.0697. The van der Waals surface area contributed by atoms with Crippen LogP contribution in [0.4, 0.5) is 0 Å². The van der Waals surface area contributed by atoms with Gasteiger partial charge in [-0.05, 0) is 18.2 Å². The second-order valence-corrected chi connectivity index (χ2v) is 4.51. The lowest BCUT2D eigenvalue weighted by atomic mass is 10.2. The molecule has 1 N–H and O–H groups in total. The molecule has 0 radical (unpaired) electrons. The molecule has 110 valence electrons. The van der Waals surface area contributed by atoms with Gasteiger partial charge >= 0.3 is 5.97 Å². The Morgan fingerprint density at radius 3 is 2.05 bits per heavy atom. The summed E-state index contributed by atoms with van der Waals surface area (Å²) in [5, 5.41) is 9.10. The van der Waals surface area contributed by atoms with Crippen LogP contribution in [0.5, 0.6) is 23.0 Å². The minimum absolute atomic E-state index is 0.0931. The smallest absolute Gasteiger partial charge is 0.335 e. The van der Waals surface area contributed by atoms with Gasteiger partial charge in [0, 0.05) is 18.2 Å². The fourth-order valence-electron chi connectivity index (χ4n) is 1.68. The first-order valence-electron chi connectivity index (χ1n) is 5.97. The number of halogens is 1. The Balaban J connectivity index is 2.31. The van der Waals surface area contributed by atoms with Gasteiger partial charge in [-0.3, -0.25) is 0 Å². The first-order chi connectivity index (χ1) is 10.0. The zero-order valence-electron chi connectivity index (χ0n) is 11.4. The molecule has 0 unspecified atom stereocenters. The highest BCUT2D eigenvalue weighted by Gasteiger charge is 2.10. The van der Waals surface area contributed by atoms with Crippen LogP contribution < -0.4 is 14.2 Å². The molecular weight excluding hydrogens is 296 g/mol. The Labute approximate surface area is 126 Å². The van der Waals surface area contributed by atoms with Gasteiger partial charge in [-0.25, -0.2) is 4.79 Å². The largest absolute Gasteiger partial charge is 0.496 e. The number of ether oxygens (including phenoxy) is 3. The normalized spacial score (nSPS) is 10.0. The summed E-state index contributed by atoms with van der Waals surface area (Å²) in [7, 11) is 3.07. The minimum Gasteiger partial charge on any atom is -0.496 e. The highest BCUT2D eigenvalue weighted by Crippen LogP contribution is 2.34. The summed E-state index contributed by atoms with van der Waals surface area (Å²) < 4.78 is 15.9. The van der Waals surface area contributed by atoms with Gasteiger partial charge in [0.15, 0.2) is 0 Å². The summed E-state index contributed by atoms with van der Waals surface area (Å²) in [4.78, 5) is 10.9. The molecule has 0 heterocycles. The SMILES string of the molecule is COc1cc(OC)cc(Oc2ccc(C(=O)O)cc2Cl)c1. The first-order valence-corrected chi connectivity index (χ1v) is 6.35. The van der Waals surface area contributed by atoms with Crippen LogP contribution in [-0.2, 0) is 0 Å². The quantitative estimate of drug-likeness (QED) is 0.909. The molecule has 6 heteroatoms. The lowest BCUT2D eigenvalue weighted by Gasteiger charge is -2.11. The van der Waals surface area contributed by atoms with Crippen molar-refractivity contribution in [3.05, 3.63) is 47.0 Å². The van der Waals surface area contributed by atoms with Crippen LogP contribution in [0, 0.1) is 0 Å². The van der Waals surface area contributed by atoms with Crippen LogP contribution in [-0.4, -0.2) is 25.3 Å². The molecule has 2 aromatic carbocycles. The standard InChI is InChI=1S/C15H13ClO5/c1-19-10-6-11(20-2)8-12(7-10)21-14-4-3-9(15(17)18)5-13(14)16/h3-8H,1-2H3,(H,17,18). The van der Waals surface area contributed by atoms with Crippen LogP contribution in [0.3, 0.4) is 0 Å². The van der Waals surface area contributed by atoms with E-state index in [1.54, 1.807) is 18.2 Å². The van der Waals surface area contributed by atoms with Crippen LogP contribution in [0.2, 0.25) is 5.02 Å². The molecule has 0 aliphatic carbocycles. The number of carbonyl (C=O) groups is 1. The van der Waals surface area contributed by atoms with Crippen molar-refractivity contribution in [2.24, 2.45) is 0 Å². The van der Waals surface area contributed by atoms with Gasteiger partial charge in [-0.2, -0.15) is 0 Å². The number of aromatic carboxylic acids is 1. The third-order valence-electron chi connectivity index (χ3n) is 2.73. The molecule has 2 aromatic rings. The molecule has 0 spiro atoms. The molecule has 0 aromatic heterocycles. The maximum atomic E-state index is 10.9. The van der Waals surface area contributed by atoms with Crippen molar-refractivity contribution in [3.63, 3.8) is 0 Å². The number of carboxylic acid groups (broad SMARTS) is 1. The molecule has 0 saturated heterocycles. The van der Waals surface area contributed by atoms with Gasteiger partial charge in [-0.1, -0.05) is 11.6 Å². The fourth-order valence-corrected chi connectivity index (χ4v) is 1.90. The number of benzene rings is 2. The molecule has 0 fully saturated rings. The summed E-state index contributed by atoms with van der Waals surface area (Å²) in [6.45, 7) is 0. The maximum Gasteiger partial charge on any atom is 0.335 e. The molecule has 0 bridgehead atoms. The summed E-state index contributed by atoms with van der Waals surface area (Å²) in [6.07, 6.45) is 0. The lowest BCUT2D eigenvalue weighted by Crippen LogP contribution is -1.96. The molecule has 0 atom stereocenters.